The molecule has 0 aliphatic carbocycles. The molecule has 2 N–H and O–H groups in total. The first kappa shape index (κ1) is 18.4. The van der Waals surface area contributed by atoms with Crippen molar-refractivity contribution in [2.24, 2.45) is 0 Å². The van der Waals surface area contributed by atoms with Gasteiger partial charge in [-0.3, -0.25) is 10.1 Å². The van der Waals surface area contributed by atoms with Crippen LogP contribution in [0.3, 0.4) is 0 Å². The number of furan rings is 1. The van der Waals surface area contributed by atoms with Crippen molar-refractivity contribution in [1.82, 2.24) is 9.97 Å². The lowest BCUT2D eigenvalue weighted by molar-refractivity contribution is -0.383. The van der Waals surface area contributed by atoms with Crippen LogP contribution in [-0.2, 0) is 13.0 Å². The summed E-state index contributed by atoms with van der Waals surface area (Å²) in [4.78, 5) is 19.1. The van der Waals surface area contributed by atoms with Crippen LogP contribution >= 0.6 is 0 Å². The Labute approximate surface area is 156 Å². The molecule has 1 aromatic carbocycles. The zero-order valence-corrected chi connectivity index (χ0v) is 15.0. The number of hydrogen-bond acceptors (Lipinski definition) is 7. The lowest BCUT2D eigenvalue weighted by Crippen LogP contribution is -2.08. The first-order valence-electron chi connectivity index (χ1n) is 8.79. The number of nitro groups is 1. The highest BCUT2D eigenvalue weighted by Gasteiger charge is 2.23. The van der Waals surface area contributed by atoms with Crippen molar-refractivity contribution in [2.45, 2.75) is 32.7 Å². The van der Waals surface area contributed by atoms with Gasteiger partial charge >= 0.3 is 5.69 Å². The minimum absolute atomic E-state index is 0.133. The van der Waals surface area contributed by atoms with Gasteiger partial charge in [0.25, 0.3) is 0 Å². The SMILES string of the molecule is CCCCc1ccc(Nc2ncnc(NCc3ccco3)c2[N+](=O)[O-])cc1. The summed E-state index contributed by atoms with van der Waals surface area (Å²) >= 11 is 0. The van der Waals surface area contributed by atoms with E-state index in [1.165, 1.54) is 11.9 Å². The quantitative estimate of drug-likeness (QED) is 0.418. The van der Waals surface area contributed by atoms with Crippen molar-refractivity contribution < 1.29 is 9.34 Å². The minimum atomic E-state index is -0.498. The minimum Gasteiger partial charge on any atom is -0.467 e. The monoisotopic (exact) mass is 367 g/mol. The molecule has 0 fully saturated rings. The summed E-state index contributed by atoms with van der Waals surface area (Å²) in [5.74, 6) is 0.923. The molecule has 140 valence electrons. The van der Waals surface area contributed by atoms with Crippen molar-refractivity contribution in [1.29, 1.82) is 0 Å². The van der Waals surface area contributed by atoms with Crippen molar-refractivity contribution in [3.05, 3.63) is 70.4 Å². The standard InChI is InChI=1S/C19H21N5O3/c1-2-3-5-14-7-9-15(10-8-14)23-19-17(24(25)26)18(21-13-22-19)20-12-16-6-4-11-27-16/h4,6-11,13H,2-3,5,12H2,1H3,(H2,20,21,22,23). The number of unbranched alkanes of at least 4 members (excludes halogenated alkanes) is 1. The van der Waals surface area contributed by atoms with E-state index >= 15 is 0 Å². The number of anilines is 3. The normalized spacial score (nSPS) is 10.6. The van der Waals surface area contributed by atoms with Crippen molar-refractivity contribution in [3.63, 3.8) is 0 Å². The van der Waals surface area contributed by atoms with Gasteiger partial charge < -0.3 is 15.1 Å². The van der Waals surface area contributed by atoms with Gasteiger partial charge in [0.2, 0.25) is 11.6 Å². The second kappa shape index (κ2) is 8.79. The van der Waals surface area contributed by atoms with E-state index in [1.807, 2.05) is 24.3 Å². The van der Waals surface area contributed by atoms with Gasteiger partial charge in [-0.2, -0.15) is 0 Å². The van der Waals surface area contributed by atoms with Gasteiger partial charge in [-0.05, 0) is 42.7 Å². The molecule has 0 unspecified atom stereocenters. The molecule has 8 nitrogen and oxygen atoms in total. The van der Waals surface area contributed by atoms with Crippen LogP contribution in [0.1, 0.15) is 31.1 Å². The Morgan fingerprint density at radius 1 is 1.15 bits per heavy atom. The Hall–Kier alpha value is -3.42. The first-order chi connectivity index (χ1) is 13.2. The number of hydrogen-bond donors (Lipinski definition) is 2. The van der Waals surface area contributed by atoms with E-state index in [4.69, 9.17) is 4.42 Å². The summed E-state index contributed by atoms with van der Waals surface area (Å²) in [5.41, 5.74) is 1.76. The summed E-state index contributed by atoms with van der Waals surface area (Å²) in [6.45, 7) is 2.44. The van der Waals surface area contributed by atoms with Gasteiger partial charge in [0.05, 0.1) is 17.7 Å². The molecule has 3 aromatic rings. The maximum absolute atomic E-state index is 11.6. The predicted molar refractivity (Wildman–Crippen MR) is 103 cm³/mol. The van der Waals surface area contributed by atoms with Crippen LogP contribution in [0.2, 0.25) is 0 Å². The molecule has 8 heteroatoms. The lowest BCUT2D eigenvalue weighted by atomic mass is 10.1. The molecule has 2 aromatic heterocycles. The number of nitrogens with zero attached hydrogens (tertiary/aromatic N) is 3. The highest BCUT2D eigenvalue weighted by Crippen LogP contribution is 2.31. The van der Waals surface area contributed by atoms with Crippen LogP contribution in [0, 0.1) is 10.1 Å². The predicted octanol–water partition coefficient (Wildman–Crippen LogP) is 4.68. The van der Waals surface area contributed by atoms with Gasteiger partial charge in [0.15, 0.2) is 0 Å². The van der Waals surface area contributed by atoms with Crippen LogP contribution in [-0.4, -0.2) is 14.9 Å². The largest absolute Gasteiger partial charge is 0.467 e. The molecule has 0 atom stereocenters. The van der Waals surface area contributed by atoms with Crippen LogP contribution in [0.25, 0.3) is 0 Å². The van der Waals surface area contributed by atoms with Gasteiger partial charge in [0.1, 0.15) is 12.1 Å². The summed E-state index contributed by atoms with van der Waals surface area (Å²) < 4.78 is 5.23. The number of aromatic nitrogens is 2. The average Bonchev–Trinajstić information content (AvgIpc) is 3.19. The highest BCUT2D eigenvalue weighted by atomic mass is 16.6. The van der Waals surface area contributed by atoms with Crippen LogP contribution in [0.15, 0.2) is 53.4 Å². The van der Waals surface area contributed by atoms with Gasteiger partial charge in [0, 0.05) is 5.69 Å². The Kier molecular flexibility index (Phi) is 5.98. The summed E-state index contributed by atoms with van der Waals surface area (Å²) in [5, 5.41) is 17.5. The van der Waals surface area contributed by atoms with E-state index in [0.717, 1.165) is 24.9 Å². The Morgan fingerprint density at radius 3 is 2.59 bits per heavy atom. The molecule has 3 rings (SSSR count). The number of nitrogens with one attached hydrogen (secondary N) is 2. The van der Waals surface area contributed by atoms with Crippen molar-refractivity contribution in [3.8, 4) is 0 Å². The fraction of sp³-hybridized carbons (Fsp3) is 0.263. The molecule has 0 amide bonds. The molecule has 2 heterocycles. The second-order valence-electron chi connectivity index (χ2n) is 6.03. The Balaban J connectivity index is 1.78. The Bertz CT molecular complexity index is 879. The maximum atomic E-state index is 11.6. The maximum Gasteiger partial charge on any atom is 0.353 e. The number of rotatable bonds is 9. The van der Waals surface area contributed by atoms with E-state index < -0.39 is 4.92 Å². The molecular formula is C19H21N5O3. The van der Waals surface area contributed by atoms with E-state index in [-0.39, 0.29) is 23.9 Å². The van der Waals surface area contributed by atoms with Gasteiger partial charge in [-0.15, -0.1) is 0 Å². The molecule has 0 bridgehead atoms. The van der Waals surface area contributed by atoms with Gasteiger partial charge in [-0.1, -0.05) is 25.5 Å². The zero-order chi connectivity index (χ0) is 19.1. The van der Waals surface area contributed by atoms with Crippen molar-refractivity contribution >= 4 is 23.0 Å². The molecule has 0 aliphatic rings. The summed E-state index contributed by atoms with van der Waals surface area (Å²) in [6.07, 6.45) is 6.12. The third-order valence-electron chi connectivity index (χ3n) is 4.05. The second-order valence-corrected chi connectivity index (χ2v) is 6.03. The molecule has 0 saturated carbocycles. The van der Waals surface area contributed by atoms with Crippen LogP contribution in [0.5, 0.6) is 0 Å². The topological polar surface area (TPSA) is 106 Å². The summed E-state index contributed by atoms with van der Waals surface area (Å²) in [7, 11) is 0. The smallest absolute Gasteiger partial charge is 0.353 e. The van der Waals surface area contributed by atoms with E-state index in [0.29, 0.717) is 5.76 Å². The van der Waals surface area contributed by atoms with Crippen LogP contribution < -0.4 is 10.6 Å². The molecule has 0 saturated heterocycles. The Morgan fingerprint density at radius 2 is 1.93 bits per heavy atom. The summed E-state index contributed by atoms with van der Waals surface area (Å²) in [6, 6.07) is 11.4. The van der Waals surface area contributed by atoms with Crippen LogP contribution in [0.4, 0.5) is 23.0 Å². The van der Waals surface area contributed by atoms with E-state index in [1.54, 1.807) is 18.4 Å². The molecular weight excluding hydrogens is 346 g/mol. The third kappa shape index (κ3) is 4.81. The fourth-order valence-corrected chi connectivity index (χ4v) is 2.63. The molecule has 27 heavy (non-hydrogen) atoms. The lowest BCUT2D eigenvalue weighted by Gasteiger charge is -2.10. The highest BCUT2D eigenvalue weighted by molar-refractivity contribution is 5.73. The fourth-order valence-electron chi connectivity index (χ4n) is 2.63. The molecule has 0 aliphatic heterocycles. The number of benzene rings is 1. The first-order valence-corrected chi connectivity index (χ1v) is 8.79. The van der Waals surface area contributed by atoms with Gasteiger partial charge in [-0.25, -0.2) is 9.97 Å². The molecule has 0 radical (unpaired) electrons. The van der Waals surface area contributed by atoms with E-state index in [9.17, 15) is 10.1 Å². The average molecular weight is 367 g/mol. The zero-order valence-electron chi connectivity index (χ0n) is 15.0. The molecule has 0 spiro atoms. The number of aryl methyl sites for hydroxylation is 1. The third-order valence-corrected chi connectivity index (χ3v) is 4.05. The van der Waals surface area contributed by atoms with E-state index in [2.05, 4.69) is 27.5 Å². The van der Waals surface area contributed by atoms with Crippen molar-refractivity contribution in [2.75, 3.05) is 10.6 Å².